The van der Waals surface area contributed by atoms with Gasteiger partial charge in [-0.05, 0) is 80.7 Å². The Morgan fingerprint density at radius 1 is 0.974 bits per heavy atom. The predicted octanol–water partition coefficient (Wildman–Crippen LogP) is 5.45. The zero-order chi connectivity index (χ0) is 27.5. The van der Waals surface area contributed by atoms with Crippen molar-refractivity contribution in [1.29, 1.82) is 0 Å². The summed E-state index contributed by atoms with van der Waals surface area (Å²) in [5, 5.41) is 0.873. The quantitative estimate of drug-likeness (QED) is 0.473. The molecule has 3 aliphatic heterocycles. The highest BCUT2D eigenvalue weighted by molar-refractivity contribution is 6.42. The van der Waals surface area contributed by atoms with Crippen molar-refractivity contribution < 1.29 is 23.5 Å². The van der Waals surface area contributed by atoms with Gasteiger partial charge in [0.05, 0.1) is 16.1 Å². The number of carbonyl (C=O) groups excluding carboxylic acids is 2. The Hall–Kier alpha value is -2.39. The van der Waals surface area contributed by atoms with E-state index in [4.69, 9.17) is 32.7 Å². The number of piperidine rings is 1. The first-order chi connectivity index (χ1) is 18.8. The minimum absolute atomic E-state index is 0.0363. The molecule has 0 spiro atoms. The molecule has 2 amide bonds. The Morgan fingerprint density at radius 2 is 1.67 bits per heavy atom. The van der Waals surface area contributed by atoms with Crippen molar-refractivity contribution in [3.8, 4) is 5.75 Å². The fraction of sp³-hybridized carbons (Fsp3) is 0.517. The molecule has 0 bridgehead atoms. The van der Waals surface area contributed by atoms with E-state index < -0.39 is 11.9 Å². The lowest BCUT2D eigenvalue weighted by Crippen LogP contribution is -2.47. The van der Waals surface area contributed by atoms with Crippen molar-refractivity contribution in [2.75, 3.05) is 46.4 Å². The van der Waals surface area contributed by atoms with Crippen LogP contribution in [0.5, 0.6) is 5.75 Å². The van der Waals surface area contributed by atoms with E-state index in [1.807, 2.05) is 11.0 Å². The average Bonchev–Trinajstić information content (AvgIpc) is 3.41. The molecule has 2 aromatic rings. The molecule has 0 aromatic heterocycles. The van der Waals surface area contributed by atoms with Crippen molar-refractivity contribution in [3.63, 3.8) is 0 Å². The van der Waals surface area contributed by atoms with Crippen LogP contribution in [0.15, 0.2) is 42.5 Å². The molecule has 0 saturated carbocycles. The Bertz CT molecular complexity index is 1170. The molecule has 0 radical (unpaired) electrons. The highest BCUT2D eigenvalue weighted by atomic mass is 35.5. The Kier molecular flexibility index (Phi) is 8.96. The number of hydrogen-bond donors (Lipinski definition) is 0. The second kappa shape index (κ2) is 12.4. The van der Waals surface area contributed by atoms with Gasteiger partial charge >= 0.3 is 6.09 Å². The molecule has 3 aliphatic rings. The van der Waals surface area contributed by atoms with E-state index in [1.165, 1.54) is 29.2 Å². The van der Waals surface area contributed by atoms with Gasteiger partial charge in [-0.3, -0.25) is 4.79 Å². The highest BCUT2D eigenvalue weighted by Crippen LogP contribution is 2.36. The standard InChI is InChI=1S/C29H34Cl2FN3O4/c1-33(29(37)39-23-5-3-21(32)4-6-23)27-18-35(17-24(27)20-2-7-25(30)26(31)16-20)28(36)19-8-12-34(13-9-19)22-10-14-38-15-11-22/h2-7,16,19,22,24,27H,8-15,17-18H2,1H3/t24-,27+/m1/s1. The van der Waals surface area contributed by atoms with Crippen molar-refractivity contribution in [2.45, 2.75) is 43.7 Å². The Morgan fingerprint density at radius 3 is 2.33 bits per heavy atom. The number of nitrogens with zero attached hydrogens (tertiary/aromatic N) is 3. The van der Waals surface area contributed by atoms with E-state index >= 15 is 0 Å². The lowest BCUT2D eigenvalue weighted by atomic mass is 9.92. The van der Waals surface area contributed by atoms with E-state index in [0.29, 0.717) is 29.2 Å². The molecular formula is C29H34Cl2FN3O4. The van der Waals surface area contributed by atoms with Gasteiger partial charge in [0.25, 0.3) is 0 Å². The van der Waals surface area contributed by atoms with Gasteiger partial charge in [0.1, 0.15) is 11.6 Å². The van der Waals surface area contributed by atoms with Gasteiger partial charge in [-0.25, -0.2) is 9.18 Å². The van der Waals surface area contributed by atoms with E-state index in [0.717, 1.165) is 57.6 Å². The maximum atomic E-state index is 13.7. The summed E-state index contributed by atoms with van der Waals surface area (Å²) in [6.07, 6.45) is 3.20. The second-order valence-corrected chi connectivity index (χ2v) is 11.5. The van der Waals surface area contributed by atoms with Gasteiger partial charge in [-0.2, -0.15) is 0 Å². The molecule has 0 aliphatic carbocycles. The molecule has 2 aromatic carbocycles. The first-order valence-corrected chi connectivity index (χ1v) is 14.3. The summed E-state index contributed by atoms with van der Waals surface area (Å²) in [4.78, 5) is 32.7. The van der Waals surface area contributed by atoms with Crippen molar-refractivity contribution >= 4 is 35.2 Å². The summed E-state index contributed by atoms with van der Waals surface area (Å²) >= 11 is 12.5. The van der Waals surface area contributed by atoms with Crippen LogP contribution in [-0.4, -0.2) is 85.2 Å². The number of benzene rings is 2. The lowest BCUT2D eigenvalue weighted by Gasteiger charge is -2.39. The first kappa shape index (κ1) is 28.1. The number of rotatable bonds is 5. The Balaban J connectivity index is 1.29. The minimum atomic E-state index is -0.573. The summed E-state index contributed by atoms with van der Waals surface area (Å²) in [5.41, 5.74) is 0.903. The normalized spacial score (nSPS) is 23.1. The third-order valence-corrected chi connectivity index (χ3v) is 9.10. The van der Waals surface area contributed by atoms with Crippen LogP contribution in [0.2, 0.25) is 10.0 Å². The molecule has 3 saturated heterocycles. The predicted molar refractivity (Wildman–Crippen MR) is 148 cm³/mol. The summed E-state index contributed by atoms with van der Waals surface area (Å²) in [7, 11) is 1.67. The van der Waals surface area contributed by atoms with Crippen LogP contribution in [-0.2, 0) is 9.53 Å². The average molecular weight is 579 g/mol. The van der Waals surface area contributed by atoms with Gasteiger partial charge in [0.15, 0.2) is 0 Å². The van der Waals surface area contributed by atoms with Crippen LogP contribution >= 0.6 is 23.2 Å². The molecule has 3 fully saturated rings. The van der Waals surface area contributed by atoms with Crippen LogP contribution in [0.25, 0.3) is 0 Å². The molecule has 0 unspecified atom stereocenters. The van der Waals surface area contributed by atoms with Crippen LogP contribution in [0.4, 0.5) is 9.18 Å². The van der Waals surface area contributed by atoms with Gasteiger partial charge in [-0.15, -0.1) is 0 Å². The molecule has 210 valence electrons. The molecule has 3 heterocycles. The number of likely N-dealkylation sites (tertiary alicyclic amines) is 2. The lowest BCUT2D eigenvalue weighted by molar-refractivity contribution is -0.136. The smallest absolute Gasteiger partial charge is 0.410 e. The van der Waals surface area contributed by atoms with Gasteiger partial charge in [-0.1, -0.05) is 29.3 Å². The number of likely N-dealkylation sites (N-methyl/N-ethyl adjacent to an activating group) is 1. The van der Waals surface area contributed by atoms with Crippen LogP contribution in [0, 0.1) is 11.7 Å². The van der Waals surface area contributed by atoms with Gasteiger partial charge in [0, 0.05) is 51.2 Å². The zero-order valence-corrected chi connectivity index (χ0v) is 23.5. The molecule has 0 N–H and O–H groups in total. The van der Waals surface area contributed by atoms with Crippen LogP contribution < -0.4 is 4.74 Å². The van der Waals surface area contributed by atoms with Gasteiger partial charge < -0.3 is 24.2 Å². The number of carbonyl (C=O) groups is 2. The monoisotopic (exact) mass is 577 g/mol. The maximum Gasteiger partial charge on any atom is 0.415 e. The molecule has 7 nitrogen and oxygen atoms in total. The molecular weight excluding hydrogens is 544 g/mol. The van der Waals surface area contributed by atoms with E-state index in [9.17, 15) is 14.0 Å². The van der Waals surface area contributed by atoms with Crippen LogP contribution in [0.3, 0.4) is 0 Å². The Labute approximate surface area is 238 Å². The van der Waals surface area contributed by atoms with Crippen molar-refractivity contribution in [1.82, 2.24) is 14.7 Å². The number of hydrogen-bond acceptors (Lipinski definition) is 5. The molecule has 10 heteroatoms. The highest BCUT2D eigenvalue weighted by Gasteiger charge is 2.43. The minimum Gasteiger partial charge on any atom is -0.410 e. The maximum absolute atomic E-state index is 13.7. The third kappa shape index (κ3) is 6.51. The topological polar surface area (TPSA) is 62.3 Å². The zero-order valence-electron chi connectivity index (χ0n) is 22.0. The van der Waals surface area contributed by atoms with Gasteiger partial charge in [0.2, 0.25) is 5.91 Å². The molecule has 2 atom stereocenters. The summed E-state index contributed by atoms with van der Waals surface area (Å²) in [6, 6.07) is 11.0. The first-order valence-electron chi connectivity index (χ1n) is 13.6. The van der Waals surface area contributed by atoms with E-state index in [-0.39, 0.29) is 29.5 Å². The summed E-state index contributed by atoms with van der Waals surface area (Å²) in [6.45, 7) is 4.31. The SMILES string of the molecule is CN(C(=O)Oc1ccc(F)cc1)[C@H]1CN(C(=O)C2CCN(C3CCOCC3)CC2)C[C@@H]1c1ccc(Cl)c(Cl)c1. The van der Waals surface area contributed by atoms with E-state index in [2.05, 4.69) is 4.90 Å². The van der Waals surface area contributed by atoms with E-state index in [1.54, 1.807) is 19.2 Å². The van der Waals surface area contributed by atoms with Crippen molar-refractivity contribution in [3.05, 3.63) is 63.9 Å². The fourth-order valence-electron chi connectivity index (χ4n) is 6.06. The fourth-order valence-corrected chi connectivity index (χ4v) is 6.37. The second-order valence-electron chi connectivity index (χ2n) is 10.7. The third-order valence-electron chi connectivity index (χ3n) is 8.36. The molecule has 39 heavy (non-hydrogen) atoms. The van der Waals surface area contributed by atoms with Crippen LogP contribution in [0.1, 0.15) is 37.2 Å². The molecule has 5 rings (SSSR count). The summed E-state index contributed by atoms with van der Waals surface area (Å²) in [5.74, 6) is -0.231. The largest absolute Gasteiger partial charge is 0.415 e. The number of amides is 2. The van der Waals surface area contributed by atoms with Crippen molar-refractivity contribution in [2.24, 2.45) is 5.92 Å². The summed E-state index contributed by atoms with van der Waals surface area (Å²) < 4.78 is 24.3. The number of ether oxygens (including phenoxy) is 2. The number of halogens is 3.